The summed E-state index contributed by atoms with van der Waals surface area (Å²) >= 11 is 11.3. The van der Waals surface area contributed by atoms with Crippen molar-refractivity contribution in [2.75, 3.05) is 0 Å². The molecule has 0 saturated heterocycles. The largest absolute Gasteiger partial charge is 0.119 e. The molecule has 0 nitrogen and oxygen atoms in total. The van der Waals surface area contributed by atoms with Crippen LogP contribution in [0.15, 0.2) is 22.8 Å². The number of rotatable bonds is 2. The van der Waals surface area contributed by atoms with E-state index in [1.54, 1.807) is 0 Å². The van der Waals surface area contributed by atoms with Gasteiger partial charge in [-0.3, -0.25) is 0 Å². The van der Waals surface area contributed by atoms with E-state index in [9.17, 15) is 0 Å². The van der Waals surface area contributed by atoms with Crippen molar-refractivity contribution in [3.8, 4) is 0 Å². The Hall–Kier alpha value is 0.0600. The van der Waals surface area contributed by atoms with Gasteiger partial charge in [0.15, 0.2) is 0 Å². The minimum absolute atomic E-state index is 0.0762. The van der Waals surface area contributed by atoms with E-state index in [1.165, 1.54) is 0 Å². The van der Waals surface area contributed by atoms with E-state index in [0.29, 0.717) is 0 Å². The first kappa shape index (κ1) is 10.1. The summed E-state index contributed by atoms with van der Waals surface area (Å²) < 4.78 is 0. The zero-order valence-corrected chi connectivity index (χ0v) is 8.00. The molecular weight excluding hydrogens is 167 g/mol. The van der Waals surface area contributed by atoms with E-state index in [0.717, 1.165) is 10.6 Å². The molecule has 0 rings (SSSR count). The van der Waals surface area contributed by atoms with Crippen LogP contribution in [0.4, 0.5) is 0 Å². The molecule has 0 heterocycles. The number of alkyl halides is 1. The molecule has 0 aromatic carbocycles. The lowest BCUT2D eigenvalue weighted by atomic mass is 10.2. The molecule has 0 radical (unpaired) electrons. The molecule has 0 amide bonds. The first-order chi connectivity index (χ1) is 4.52. The van der Waals surface area contributed by atoms with Gasteiger partial charge in [0.25, 0.3) is 0 Å². The Balaban J connectivity index is 4.08. The molecule has 58 valence electrons. The van der Waals surface area contributed by atoms with Crippen molar-refractivity contribution in [3.05, 3.63) is 22.8 Å². The van der Waals surface area contributed by atoms with E-state index in [1.807, 2.05) is 32.9 Å². The van der Waals surface area contributed by atoms with Crippen molar-refractivity contribution in [3.63, 3.8) is 0 Å². The van der Waals surface area contributed by atoms with Crippen LogP contribution in [-0.4, -0.2) is 5.38 Å². The molecule has 0 N–H and O–H groups in total. The molecule has 0 spiro atoms. The minimum Gasteiger partial charge on any atom is -0.119 e. The second-order valence-electron chi connectivity index (χ2n) is 2.32. The molecule has 0 saturated carbocycles. The third kappa shape index (κ3) is 6.18. The van der Waals surface area contributed by atoms with Gasteiger partial charge in [0.2, 0.25) is 0 Å². The van der Waals surface area contributed by atoms with Crippen LogP contribution in [0, 0.1) is 0 Å². The molecule has 2 heteroatoms. The van der Waals surface area contributed by atoms with Crippen molar-refractivity contribution < 1.29 is 0 Å². The zero-order chi connectivity index (χ0) is 8.15. The molecule has 0 aromatic heterocycles. The standard InChI is InChI=1S/C8H12Cl2/c1-6(4-7(2)9)5-8(3)10/h4-5,7H,1-3H3/b6-4-,8-5+. The van der Waals surface area contributed by atoms with Crippen LogP contribution in [0.5, 0.6) is 0 Å². The maximum absolute atomic E-state index is 5.71. The van der Waals surface area contributed by atoms with Crippen LogP contribution >= 0.6 is 23.2 Å². The second-order valence-corrected chi connectivity index (χ2v) is 3.60. The summed E-state index contributed by atoms with van der Waals surface area (Å²) in [7, 11) is 0. The fourth-order valence-electron chi connectivity index (χ4n) is 0.724. The first-order valence-electron chi connectivity index (χ1n) is 3.18. The molecule has 0 fully saturated rings. The van der Waals surface area contributed by atoms with Gasteiger partial charge in [0.05, 0.1) is 0 Å². The molecule has 1 atom stereocenters. The maximum Gasteiger partial charge on any atom is 0.0493 e. The van der Waals surface area contributed by atoms with Crippen LogP contribution in [0.2, 0.25) is 0 Å². The van der Waals surface area contributed by atoms with Crippen LogP contribution < -0.4 is 0 Å². The van der Waals surface area contributed by atoms with Gasteiger partial charge >= 0.3 is 0 Å². The summed E-state index contributed by atoms with van der Waals surface area (Å²) in [5, 5.41) is 0.860. The Morgan fingerprint density at radius 3 is 2.20 bits per heavy atom. The lowest BCUT2D eigenvalue weighted by molar-refractivity contribution is 1.20. The van der Waals surface area contributed by atoms with Gasteiger partial charge in [-0.1, -0.05) is 23.3 Å². The second kappa shape index (κ2) is 4.81. The molecule has 0 aliphatic carbocycles. The molecule has 1 unspecified atom stereocenters. The first-order valence-corrected chi connectivity index (χ1v) is 4.00. The van der Waals surface area contributed by atoms with Crippen LogP contribution in [0.1, 0.15) is 20.8 Å². The van der Waals surface area contributed by atoms with Gasteiger partial charge in [-0.2, -0.15) is 0 Å². The number of allylic oxidation sites excluding steroid dienone is 4. The Kier molecular flexibility index (Phi) is 4.84. The van der Waals surface area contributed by atoms with Crippen LogP contribution in [0.25, 0.3) is 0 Å². The monoisotopic (exact) mass is 178 g/mol. The minimum atomic E-state index is 0.0762. The fourth-order valence-corrected chi connectivity index (χ4v) is 1.09. The summed E-state index contributed by atoms with van der Waals surface area (Å²) in [5.74, 6) is 0. The smallest absolute Gasteiger partial charge is 0.0493 e. The number of hydrogen-bond donors (Lipinski definition) is 0. The fraction of sp³-hybridized carbons (Fsp3) is 0.500. The van der Waals surface area contributed by atoms with Crippen molar-refractivity contribution in [2.45, 2.75) is 26.1 Å². The van der Waals surface area contributed by atoms with E-state index in [4.69, 9.17) is 23.2 Å². The highest BCUT2D eigenvalue weighted by Crippen LogP contribution is 2.07. The highest BCUT2D eigenvalue weighted by Gasteiger charge is 1.89. The summed E-state index contributed by atoms with van der Waals surface area (Å²) in [5.41, 5.74) is 1.11. The third-order valence-electron chi connectivity index (χ3n) is 0.919. The van der Waals surface area contributed by atoms with Crippen LogP contribution in [0.3, 0.4) is 0 Å². The highest BCUT2D eigenvalue weighted by molar-refractivity contribution is 6.29. The Labute approximate surface area is 72.5 Å². The predicted octanol–water partition coefficient (Wildman–Crippen LogP) is 3.70. The molecule has 10 heavy (non-hydrogen) atoms. The summed E-state index contributed by atoms with van der Waals surface area (Å²) in [6, 6.07) is 0. The topological polar surface area (TPSA) is 0 Å². The average Bonchev–Trinajstić information content (AvgIpc) is 1.58. The summed E-state index contributed by atoms with van der Waals surface area (Å²) in [6.45, 7) is 5.74. The maximum atomic E-state index is 5.71. The third-order valence-corrected chi connectivity index (χ3v) is 1.15. The normalized spacial score (nSPS) is 17.3. The van der Waals surface area contributed by atoms with Gasteiger partial charge in [0.1, 0.15) is 0 Å². The van der Waals surface area contributed by atoms with Crippen molar-refractivity contribution in [1.29, 1.82) is 0 Å². The van der Waals surface area contributed by atoms with Crippen LogP contribution in [-0.2, 0) is 0 Å². The highest BCUT2D eigenvalue weighted by atomic mass is 35.5. The van der Waals surface area contributed by atoms with E-state index < -0.39 is 0 Å². The summed E-state index contributed by atoms with van der Waals surface area (Å²) in [6.07, 6.45) is 3.84. The van der Waals surface area contributed by atoms with Gasteiger partial charge in [-0.25, -0.2) is 0 Å². The van der Waals surface area contributed by atoms with E-state index in [-0.39, 0.29) is 5.38 Å². The Morgan fingerprint density at radius 1 is 1.40 bits per heavy atom. The number of halogens is 2. The molecule has 0 aliphatic heterocycles. The molecular formula is C8H12Cl2. The lowest BCUT2D eigenvalue weighted by Gasteiger charge is -1.94. The molecule has 0 aliphatic rings. The predicted molar refractivity (Wildman–Crippen MR) is 48.7 cm³/mol. The molecule has 0 aromatic rings. The van der Waals surface area contributed by atoms with Gasteiger partial charge < -0.3 is 0 Å². The summed E-state index contributed by atoms with van der Waals surface area (Å²) in [4.78, 5) is 0. The quantitative estimate of drug-likeness (QED) is 0.447. The SMILES string of the molecule is CC(=C/C(C)Cl)/C=C(\C)Cl. The Morgan fingerprint density at radius 2 is 1.90 bits per heavy atom. The van der Waals surface area contributed by atoms with E-state index >= 15 is 0 Å². The lowest BCUT2D eigenvalue weighted by Crippen LogP contribution is -1.83. The van der Waals surface area contributed by atoms with Crippen molar-refractivity contribution in [1.82, 2.24) is 0 Å². The van der Waals surface area contributed by atoms with Gasteiger partial charge in [-0.05, 0) is 26.8 Å². The molecule has 0 bridgehead atoms. The van der Waals surface area contributed by atoms with Crippen molar-refractivity contribution >= 4 is 23.2 Å². The zero-order valence-electron chi connectivity index (χ0n) is 6.49. The number of hydrogen-bond acceptors (Lipinski definition) is 0. The average molecular weight is 179 g/mol. The van der Waals surface area contributed by atoms with E-state index in [2.05, 4.69) is 0 Å². The Bertz CT molecular complexity index is 151. The van der Waals surface area contributed by atoms with Gasteiger partial charge in [-0.15, -0.1) is 11.6 Å². The van der Waals surface area contributed by atoms with Gasteiger partial charge in [0, 0.05) is 10.4 Å². The van der Waals surface area contributed by atoms with Crippen molar-refractivity contribution in [2.24, 2.45) is 0 Å².